The largest absolute Gasteiger partial charge is 0.489 e. The number of benzene rings is 3. The number of hydrogen-bond acceptors (Lipinski definition) is 5. The number of nitrogens with one attached hydrogen (secondary N) is 2. The van der Waals surface area contributed by atoms with E-state index in [9.17, 15) is 10.1 Å². The molecule has 0 amide bonds. The first-order valence-corrected chi connectivity index (χ1v) is 9.57. The van der Waals surface area contributed by atoms with Gasteiger partial charge < -0.3 is 15.4 Å². The van der Waals surface area contributed by atoms with Gasteiger partial charge in [-0.05, 0) is 30.7 Å². The molecule has 6 nitrogen and oxygen atoms in total. The van der Waals surface area contributed by atoms with E-state index < -0.39 is 4.92 Å². The summed E-state index contributed by atoms with van der Waals surface area (Å²) >= 11 is 0. The molecule has 7 heteroatoms. The second-order valence-corrected chi connectivity index (χ2v) is 6.79. The van der Waals surface area contributed by atoms with Gasteiger partial charge in [-0.3, -0.25) is 10.1 Å². The van der Waals surface area contributed by atoms with Crippen molar-refractivity contribution in [1.29, 1.82) is 0 Å². The predicted molar refractivity (Wildman–Crippen MR) is 122 cm³/mol. The lowest BCUT2D eigenvalue weighted by Crippen LogP contribution is -2.22. The van der Waals surface area contributed by atoms with Gasteiger partial charge in [0.1, 0.15) is 12.4 Å². The minimum atomic E-state index is -0.399. The highest BCUT2D eigenvalue weighted by molar-refractivity contribution is 5.85. The highest BCUT2D eigenvalue weighted by Gasteiger charge is 2.05. The van der Waals surface area contributed by atoms with E-state index in [0.717, 1.165) is 29.1 Å². The van der Waals surface area contributed by atoms with Crippen LogP contribution in [-0.2, 0) is 13.2 Å². The monoisotopic (exact) mass is 427 g/mol. The Morgan fingerprint density at radius 3 is 2.33 bits per heavy atom. The third-order valence-electron chi connectivity index (χ3n) is 4.51. The van der Waals surface area contributed by atoms with E-state index in [1.54, 1.807) is 12.1 Å². The zero-order valence-corrected chi connectivity index (χ0v) is 17.7. The van der Waals surface area contributed by atoms with Crippen LogP contribution >= 0.6 is 12.4 Å². The van der Waals surface area contributed by atoms with Gasteiger partial charge in [0.05, 0.1) is 4.92 Å². The van der Waals surface area contributed by atoms with Crippen LogP contribution in [0.3, 0.4) is 0 Å². The molecule has 0 aliphatic rings. The number of ether oxygens (including phenoxy) is 1. The topological polar surface area (TPSA) is 76.4 Å². The van der Waals surface area contributed by atoms with E-state index in [4.69, 9.17) is 4.74 Å². The fourth-order valence-corrected chi connectivity index (χ4v) is 2.86. The lowest BCUT2D eigenvalue weighted by molar-refractivity contribution is -0.384. The number of halogens is 1. The van der Waals surface area contributed by atoms with Gasteiger partial charge in [0.25, 0.3) is 5.69 Å². The first kappa shape index (κ1) is 23.2. The Labute approximate surface area is 182 Å². The van der Waals surface area contributed by atoms with Crippen molar-refractivity contribution in [1.82, 2.24) is 5.32 Å². The molecule has 0 aromatic heterocycles. The molecule has 0 saturated heterocycles. The highest BCUT2D eigenvalue weighted by Crippen LogP contribution is 2.19. The van der Waals surface area contributed by atoms with Crippen LogP contribution in [0.1, 0.15) is 16.7 Å². The van der Waals surface area contributed by atoms with Gasteiger partial charge >= 0.3 is 0 Å². The number of nitro benzene ring substituents is 1. The van der Waals surface area contributed by atoms with E-state index in [1.807, 2.05) is 18.2 Å². The van der Waals surface area contributed by atoms with E-state index in [0.29, 0.717) is 19.7 Å². The number of aryl methyl sites for hydroxylation is 1. The average Bonchev–Trinajstić information content (AvgIpc) is 2.74. The van der Waals surface area contributed by atoms with Crippen molar-refractivity contribution in [3.8, 4) is 5.75 Å². The van der Waals surface area contributed by atoms with Crippen LogP contribution in [0.5, 0.6) is 5.75 Å². The Morgan fingerprint density at radius 1 is 0.933 bits per heavy atom. The second-order valence-electron chi connectivity index (χ2n) is 6.79. The Morgan fingerprint density at radius 2 is 1.63 bits per heavy atom. The molecule has 0 aliphatic carbocycles. The third kappa shape index (κ3) is 7.06. The molecule has 0 saturated carbocycles. The minimum Gasteiger partial charge on any atom is -0.489 e. The maximum atomic E-state index is 10.7. The van der Waals surface area contributed by atoms with Gasteiger partial charge in [-0.1, -0.05) is 48.0 Å². The standard InChI is InChI=1S/C23H25N3O3.ClH/c1-18-6-8-19(9-7-18)17-29-23-5-3-2-4-20(23)16-24-14-15-25-21-10-12-22(13-11-21)26(27)28;/h2-13,24-25H,14-17H2,1H3;1H. The number of nitro groups is 1. The smallest absolute Gasteiger partial charge is 0.269 e. The lowest BCUT2D eigenvalue weighted by Gasteiger charge is -2.13. The van der Waals surface area contributed by atoms with Gasteiger partial charge in [0.2, 0.25) is 0 Å². The van der Waals surface area contributed by atoms with Gasteiger partial charge in [0, 0.05) is 43.0 Å². The van der Waals surface area contributed by atoms with Crippen molar-refractivity contribution in [3.05, 3.63) is 99.6 Å². The van der Waals surface area contributed by atoms with Crippen molar-refractivity contribution in [2.45, 2.75) is 20.1 Å². The van der Waals surface area contributed by atoms with Crippen molar-refractivity contribution in [2.24, 2.45) is 0 Å². The van der Waals surface area contributed by atoms with Crippen molar-refractivity contribution >= 4 is 23.8 Å². The van der Waals surface area contributed by atoms with Gasteiger partial charge in [-0.2, -0.15) is 0 Å². The fraction of sp³-hybridized carbons (Fsp3) is 0.217. The molecule has 0 heterocycles. The van der Waals surface area contributed by atoms with E-state index in [2.05, 4.69) is 47.9 Å². The van der Waals surface area contributed by atoms with Crippen molar-refractivity contribution < 1.29 is 9.66 Å². The Kier molecular flexibility index (Phi) is 9.12. The normalized spacial score (nSPS) is 10.2. The summed E-state index contributed by atoms with van der Waals surface area (Å²) in [7, 11) is 0. The molecule has 3 rings (SSSR count). The summed E-state index contributed by atoms with van der Waals surface area (Å²) in [6.45, 7) is 4.78. The first-order chi connectivity index (χ1) is 14.1. The van der Waals surface area contributed by atoms with E-state index in [1.165, 1.54) is 17.7 Å². The molecule has 3 aromatic carbocycles. The molecule has 0 fully saturated rings. The third-order valence-corrected chi connectivity index (χ3v) is 4.51. The quantitative estimate of drug-likeness (QED) is 0.267. The maximum absolute atomic E-state index is 10.7. The molecule has 0 bridgehead atoms. The Hall–Kier alpha value is -3.09. The maximum Gasteiger partial charge on any atom is 0.269 e. The zero-order valence-electron chi connectivity index (χ0n) is 16.8. The molecule has 0 spiro atoms. The molecule has 30 heavy (non-hydrogen) atoms. The number of rotatable bonds is 10. The van der Waals surface area contributed by atoms with Crippen LogP contribution in [0, 0.1) is 17.0 Å². The van der Waals surface area contributed by atoms with Gasteiger partial charge in [-0.25, -0.2) is 0 Å². The summed E-state index contributed by atoms with van der Waals surface area (Å²) in [4.78, 5) is 10.3. The van der Waals surface area contributed by atoms with Crippen LogP contribution in [0.2, 0.25) is 0 Å². The van der Waals surface area contributed by atoms with Crippen molar-refractivity contribution in [3.63, 3.8) is 0 Å². The van der Waals surface area contributed by atoms with Crippen LogP contribution in [0.4, 0.5) is 11.4 Å². The predicted octanol–water partition coefficient (Wildman–Crippen LogP) is 5.11. The molecule has 0 unspecified atom stereocenters. The average molecular weight is 428 g/mol. The summed E-state index contributed by atoms with van der Waals surface area (Å²) in [5.74, 6) is 0.879. The van der Waals surface area contributed by atoms with Crippen LogP contribution in [0.15, 0.2) is 72.8 Å². The molecular weight excluding hydrogens is 402 g/mol. The number of nitrogens with zero attached hydrogens (tertiary/aromatic N) is 1. The molecule has 158 valence electrons. The van der Waals surface area contributed by atoms with Gasteiger partial charge in [-0.15, -0.1) is 12.4 Å². The number of hydrogen-bond donors (Lipinski definition) is 2. The molecule has 3 aromatic rings. The zero-order chi connectivity index (χ0) is 20.5. The van der Waals surface area contributed by atoms with Gasteiger partial charge in [0.15, 0.2) is 0 Å². The molecule has 2 N–H and O–H groups in total. The Balaban J connectivity index is 0.00000320. The second kappa shape index (κ2) is 11.8. The lowest BCUT2D eigenvalue weighted by atomic mass is 10.1. The van der Waals surface area contributed by atoms with Crippen LogP contribution in [0.25, 0.3) is 0 Å². The summed E-state index contributed by atoms with van der Waals surface area (Å²) in [5.41, 5.74) is 4.44. The number of para-hydroxylation sites is 1. The number of anilines is 1. The molecule has 0 radical (unpaired) electrons. The SMILES string of the molecule is Cc1ccc(COc2ccccc2CNCCNc2ccc([N+](=O)[O-])cc2)cc1.Cl. The highest BCUT2D eigenvalue weighted by atomic mass is 35.5. The fourth-order valence-electron chi connectivity index (χ4n) is 2.86. The molecule has 0 aliphatic heterocycles. The molecular formula is C23H26ClN3O3. The summed E-state index contributed by atoms with van der Waals surface area (Å²) < 4.78 is 6.01. The van der Waals surface area contributed by atoms with E-state index in [-0.39, 0.29) is 18.1 Å². The number of non-ortho nitro benzene ring substituents is 1. The van der Waals surface area contributed by atoms with E-state index >= 15 is 0 Å². The van der Waals surface area contributed by atoms with Crippen molar-refractivity contribution in [2.75, 3.05) is 18.4 Å². The summed E-state index contributed by atoms with van der Waals surface area (Å²) in [6, 6.07) is 22.8. The molecule has 0 atom stereocenters. The first-order valence-electron chi connectivity index (χ1n) is 9.57. The van der Waals surface area contributed by atoms with Crippen LogP contribution in [-0.4, -0.2) is 18.0 Å². The summed E-state index contributed by atoms with van der Waals surface area (Å²) in [5, 5.41) is 17.3. The minimum absolute atomic E-state index is 0. The van der Waals surface area contributed by atoms with Crippen LogP contribution < -0.4 is 15.4 Å². The Bertz CT molecular complexity index is 931. The summed E-state index contributed by atoms with van der Waals surface area (Å²) in [6.07, 6.45) is 0.